The Kier molecular flexibility index (Phi) is 3.03. The van der Waals surface area contributed by atoms with Gasteiger partial charge in [0, 0.05) is 18.1 Å². The molecule has 20 heavy (non-hydrogen) atoms. The van der Waals surface area contributed by atoms with E-state index in [4.69, 9.17) is 5.73 Å². The number of nitrogen functional groups attached to an aromatic ring is 1. The molecule has 1 aromatic carbocycles. The summed E-state index contributed by atoms with van der Waals surface area (Å²) in [5, 5.41) is 3.75. The zero-order valence-electron chi connectivity index (χ0n) is 10.6. The lowest BCUT2D eigenvalue weighted by atomic mass is 10.3. The second-order valence-electron chi connectivity index (χ2n) is 4.16. The molecule has 3 aromatic rings. The van der Waals surface area contributed by atoms with Crippen LogP contribution in [-0.4, -0.2) is 20.9 Å². The molecule has 3 rings (SSSR count). The van der Waals surface area contributed by atoms with E-state index in [9.17, 15) is 4.79 Å². The molecule has 0 radical (unpaired) electrons. The Morgan fingerprint density at radius 3 is 2.90 bits per heavy atom. The number of amides is 1. The Labute approximate surface area is 118 Å². The molecule has 0 saturated carbocycles. The third-order valence-electron chi connectivity index (χ3n) is 2.69. The van der Waals surface area contributed by atoms with Crippen molar-refractivity contribution in [2.75, 3.05) is 11.1 Å². The number of carbonyl (C=O) groups is 1. The van der Waals surface area contributed by atoms with Gasteiger partial charge in [-0.3, -0.25) is 4.79 Å². The molecule has 0 aliphatic carbocycles. The van der Waals surface area contributed by atoms with Crippen molar-refractivity contribution >= 4 is 39.0 Å². The normalized spacial score (nSPS) is 10.7. The summed E-state index contributed by atoms with van der Waals surface area (Å²) in [6.07, 6.45) is 2.87. The summed E-state index contributed by atoms with van der Waals surface area (Å²) < 4.78 is 1.02. The lowest BCUT2D eigenvalue weighted by Crippen LogP contribution is -2.16. The number of nitrogens with zero attached hydrogens (tertiary/aromatic N) is 3. The molecule has 0 atom stereocenters. The first-order chi connectivity index (χ1) is 9.63. The van der Waals surface area contributed by atoms with Crippen LogP contribution in [0.1, 0.15) is 15.5 Å². The first-order valence-corrected chi connectivity index (χ1v) is 6.70. The molecule has 0 spiro atoms. The van der Waals surface area contributed by atoms with Gasteiger partial charge < -0.3 is 11.1 Å². The molecule has 0 fully saturated rings. The Morgan fingerprint density at radius 2 is 2.10 bits per heavy atom. The van der Waals surface area contributed by atoms with E-state index >= 15 is 0 Å². The zero-order chi connectivity index (χ0) is 14.1. The smallest absolute Gasteiger partial charge is 0.278 e. The Balaban J connectivity index is 1.89. The molecule has 1 amide bonds. The quantitative estimate of drug-likeness (QED) is 0.753. The number of aromatic nitrogens is 3. The number of anilines is 2. The second kappa shape index (κ2) is 4.86. The van der Waals surface area contributed by atoms with Crippen molar-refractivity contribution in [2.24, 2.45) is 0 Å². The van der Waals surface area contributed by atoms with Crippen molar-refractivity contribution in [3.05, 3.63) is 41.3 Å². The topological polar surface area (TPSA) is 93.8 Å². The van der Waals surface area contributed by atoms with Gasteiger partial charge in [-0.05, 0) is 25.1 Å². The van der Waals surface area contributed by atoms with E-state index in [0.29, 0.717) is 5.69 Å². The van der Waals surface area contributed by atoms with Crippen LogP contribution in [0, 0.1) is 6.92 Å². The maximum Gasteiger partial charge on any atom is 0.278 e. The van der Waals surface area contributed by atoms with E-state index in [-0.39, 0.29) is 17.4 Å². The van der Waals surface area contributed by atoms with Crippen LogP contribution in [0.15, 0.2) is 30.6 Å². The highest BCUT2D eigenvalue weighted by atomic mass is 32.1. The summed E-state index contributed by atoms with van der Waals surface area (Å²) in [7, 11) is 0. The molecule has 100 valence electrons. The lowest BCUT2D eigenvalue weighted by molar-refractivity contribution is 0.102. The maximum absolute atomic E-state index is 12.1. The van der Waals surface area contributed by atoms with Crippen molar-refractivity contribution in [3.8, 4) is 0 Å². The standard InChI is InChI=1S/C13H11N5OS/c1-7-17-9-3-2-8(6-10(9)20-7)18-13(19)11-12(14)16-5-4-15-11/h2-6H,1H3,(H2,14,16)(H,18,19). The number of nitrogens with two attached hydrogens (primary N) is 1. The predicted octanol–water partition coefficient (Wildman–Crippen LogP) is 2.23. The molecule has 0 aliphatic rings. The van der Waals surface area contributed by atoms with Crippen LogP contribution < -0.4 is 11.1 Å². The average molecular weight is 285 g/mol. The fraction of sp³-hybridized carbons (Fsp3) is 0.0769. The van der Waals surface area contributed by atoms with Gasteiger partial charge in [-0.1, -0.05) is 0 Å². The minimum Gasteiger partial charge on any atom is -0.382 e. The highest BCUT2D eigenvalue weighted by molar-refractivity contribution is 7.18. The van der Waals surface area contributed by atoms with Gasteiger partial charge in [-0.25, -0.2) is 15.0 Å². The number of rotatable bonds is 2. The van der Waals surface area contributed by atoms with E-state index < -0.39 is 0 Å². The molecule has 2 heterocycles. The molecule has 6 nitrogen and oxygen atoms in total. The van der Waals surface area contributed by atoms with Crippen LogP contribution in [0.5, 0.6) is 0 Å². The summed E-state index contributed by atoms with van der Waals surface area (Å²) in [6, 6.07) is 5.55. The van der Waals surface area contributed by atoms with Crippen molar-refractivity contribution < 1.29 is 4.79 Å². The first kappa shape index (κ1) is 12.5. The molecule has 7 heteroatoms. The fourth-order valence-electron chi connectivity index (χ4n) is 1.83. The highest BCUT2D eigenvalue weighted by Gasteiger charge is 2.12. The van der Waals surface area contributed by atoms with Gasteiger partial charge in [-0.2, -0.15) is 0 Å². The van der Waals surface area contributed by atoms with Gasteiger partial charge in [0.2, 0.25) is 0 Å². The SMILES string of the molecule is Cc1nc2ccc(NC(=O)c3nccnc3N)cc2s1. The summed E-state index contributed by atoms with van der Waals surface area (Å²) in [6.45, 7) is 1.95. The molecule has 0 saturated heterocycles. The van der Waals surface area contributed by atoms with Crippen LogP contribution in [0.25, 0.3) is 10.2 Å². The third kappa shape index (κ3) is 2.30. The van der Waals surface area contributed by atoms with Crippen LogP contribution in [0.2, 0.25) is 0 Å². The number of hydrogen-bond acceptors (Lipinski definition) is 6. The van der Waals surface area contributed by atoms with Gasteiger partial charge in [0.25, 0.3) is 5.91 Å². The Hall–Kier alpha value is -2.54. The van der Waals surface area contributed by atoms with Crippen LogP contribution in [0.4, 0.5) is 11.5 Å². The van der Waals surface area contributed by atoms with Gasteiger partial charge in [0.05, 0.1) is 15.2 Å². The Morgan fingerprint density at radius 1 is 1.30 bits per heavy atom. The molecule has 0 bridgehead atoms. The van der Waals surface area contributed by atoms with E-state index in [0.717, 1.165) is 15.2 Å². The molecule has 0 aliphatic heterocycles. The summed E-state index contributed by atoms with van der Waals surface area (Å²) >= 11 is 1.58. The summed E-state index contributed by atoms with van der Waals surface area (Å²) in [4.78, 5) is 24.2. The van der Waals surface area contributed by atoms with E-state index in [1.807, 2.05) is 19.1 Å². The molecule has 2 aromatic heterocycles. The number of aryl methyl sites for hydroxylation is 1. The number of nitrogens with one attached hydrogen (secondary N) is 1. The Bertz CT molecular complexity index is 798. The monoisotopic (exact) mass is 285 g/mol. The number of fused-ring (bicyclic) bond motifs is 1. The largest absolute Gasteiger partial charge is 0.382 e. The second-order valence-corrected chi connectivity index (χ2v) is 5.39. The first-order valence-electron chi connectivity index (χ1n) is 5.88. The van der Waals surface area contributed by atoms with Crippen LogP contribution in [-0.2, 0) is 0 Å². The number of carbonyl (C=O) groups excluding carboxylic acids is 1. The summed E-state index contributed by atoms with van der Waals surface area (Å²) in [5.74, 6) is -0.268. The summed E-state index contributed by atoms with van der Waals surface area (Å²) in [5.41, 5.74) is 7.34. The average Bonchev–Trinajstić information content (AvgIpc) is 2.78. The van der Waals surface area contributed by atoms with Gasteiger partial charge in [-0.15, -0.1) is 11.3 Å². The van der Waals surface area contributed by atoms with Gasteiger partial charge in [0.1, 0.15) is 0 Å². The van der Waals surface area contributed by atoms with Crippen molar-refractivity contribution in [1.29, 1.82) is 0 Å². The van der Waals surface area contributed by atoms with Gasteiger partial charge in [0.15, 0.2) is 11.5 Å². The number of benzene rings is 1. The molecular weight excluding hydrogens is 274 g/mol. The van der Waals surface area contributed by atoms with Crippen molar-refractivity contribution in [3.63, 3.8) is 0 Å². The number of hydrogen-bond donors (Lipinski definition) is 2. The maximum atomic E-state index is 12.1. The van der Waals surface area contributed by atoms with Gasteiger partial charge >= 0.3 is 0 Å². The highest BCUT2D eigenvalue weighted by Crippen LogP contribution is 2.25. The van der Waals surface area contributed by atoms with Crippen molar-refractivity contribution in [2.45, 2.75) is 6.92 Å². The lowest BCUT2D eigenvalue weighted by Gasteiger charge is -2.05. The van der Waals surface area contributed by atoms with E-state index in [1.54, 1.807) is 17.4 Å². The predicted molar refractivity (Wildman–Crippen MR) is 78.8 cm³/mol. The van der Waals surface area contributed by atoms with E-state index in [1.165, 1.54) is 12.4 Å². The molecular formula is C13H11N5OS. The number of thiazole rings is 1. The molecule has 0 unspecified atom stereocenters. The minimum atomic E-state index is -0.379. The van der Waals surface area contributed by atoms with Crippen LogP contribution >= 0.6 is 11.3 Å². The zero-order valence-corrected chi connectivity index (χ0v) is 11.4. The van der Waals surface area contributed by atoms with E-state index in [2.05, 4.69) is 20.3 Å². The van der Waals surface area contributed by atoms with Crippen molar-refractivity contribution in [1.82, 2.24) is 15.0 Å². The fourth-order valence-corrected chi connectivity index (χ4v) is 2.70. The van der Waals surface area contributed by atoms with Crippen LogP contribution in [0.3, 0.4) is 0 Å². The minimum absolute atomic E-state index is 0.111. The third-order valence-corrected chi connectivity index (χ3v) is 3.63. The molecule has 3 N–H and O–H groups in total.